The SMILES string of the molecule is CCSc1ncc(C=C(C#N)c2ccccc2)n1C. The molecular weight excluding hydrogens is 254 g/mol. The molecule has 0 amide bonds. The van der Waals surface area contributed by atoms with Crippen molar-refractivity contribution in [1.82, 2.24) is 9.55 Å². The summed E-state index contributed by atoms with van der Waals surface area (Å²) in [5, 5.41) is 10.3. The second-order valence-corrected chi connectivity index (χ2v) is 5.22. The van der Waals surface area contributed by atoms with Crippen LogP contribution >= 0.6 is 11.8 Å². The van der Waals surface area contributed by atoms with E-state index in [0.717, 1.165) is 22.2 Å². The van der Waals surface area contributed by atoms with Gasteiger partial charge >= 0.3 is 0 Å². The summed E-state index contributed by atoms with van der Waals surface area (Å²) in [7, 11) is 1.97. The van der Waals surface area contributed by atoms with Crippen LogP contribution in [0.25, 0.3) is 11.6 Å². The molecule has 0 radical (unpaired) electrons. The molecule has 2 rings (SSSR count). The Kier molecular flexibility index (Phi) is 4.43. The molecule has 0 unspecified atom stereocenters. The van der Waals surface area contributed by atoms with Crippen LogP contribution in [0.5, 0.6) is 0 Å². The lowest BCUT2D eigenvalue weighted by molar-refractivity contribution is 0.783. The van der Waals surface area contributed by atoms with Crippen molar-refractivity contribution in [2.24, 2.45) is 7.05 Å². The van der Waals surface area contributed by atoms with Crippen LogP contribution in [0.15, 0.2) is 41.7 Å². The lowest BCUT2D eigenvalue weighted by Crippen LogP contribution is -1.94. The predicted molar refractivity (Wildman–Crippen MR) is 79.5 cm³/mol. The van der Waals surface area contributed by atoms with E-state index in [9.17, 15) is 5.26 Å². The molecular formula is C15H15N3S. The van der Waals surface area contributed by atoms with E-state index in [1.165, 1.54) is 0 Å². The summed E-state index contributed by atoms with van der Waals surface area (Å²) in [6.07, 6.45) is 3.68. The lowest BCUT2D eigenvalue weighted by Gasteiger charge is -2.02. The Hall–Kier alpha value is -1.99. The van der Waals surface area contributed by atoms with Gasteiger partial charge in [0.2, 0.25) is 0 Å². The fourth-order valence-corrected chi connectivity index (χ4v) is 2.43. The van der Waals surface area contributed by atoms with Crippen molar-refractivity contribution >= 4 is 23.4 Å². The van der Waals surface area contributed by atoms with Gasteiger partial charge in [-0.1, -0.05) is 49.0 Å². The number of hydrogen-bond donors (Lipinski definition) is 0. The summed E-state index contributed by atoms with van der Waals surface area (Å²) in [6.45, 7) is 2.10. The van der Waals surface area contributed by atoms with Crippen molar-refractivity contribution in [3.8, 4) is 6.07 Å². The van der Waals surface area contributed by atoms with E-state index in [2.05, 4.69) is 18.0 Å². The number of rotatable bonds is 4. The smallest absolute Gasteiger partial charge is 0.168 e. The molecule has 0 aliphatic heterocycles. The average Bonchev–Trinajstić information content (AvgIpc) is 2.79. The third-order valence-corrected chi connectivity index (χ3v) is 3.68. The van der Waals surface area contributed by atoms with Crippen LogP contribution in [0, 0.1) is 11.3 Å². The topological polar surface area (TPSA) is 41.6 Å². The maximum atomic E-state index is 9.29. The molecule has 1 aromatic heterocycles. The average molecular weight is 269 g/mol. The highest BCUT2D eigenvalue weighted by Crippen LogP contribution is 2.21. The monoisotopic (exact) mass is 269 g/mol. The highest BCUT2D eigenvalue weighted by Gasteiger charge is 2.06. The molecule has 0 atom stereocenters. The Morgan fingerprint density at radius 2 is 2.16 bits per heavy atom. The summed E-state index contributed by atoms with van der Waals surface area (Å²) in [4.78, 5) is 4.36. The van der Waals surface area contributed by atoms with Gasteiger partial charge in [-0.15, -0.1) is 0 Å². The number of imidazole rings is 1. The van der Waals surface area contributed by atoms with Crippen LogP contribution in [0.3, 0.4) is 0 Å². The first-order valence-corrected chi connectivity index (χ1v) is 7.06. The highest BCUT2D eigenvalue weighted by molar-refractivity contribution is 7.99. The van der Waals surface area contributed by atoms with Crippen molar-refractivity contribution < 1.29 is 0 Å². The van der Waals surface area contributed by atoms with E-state index >= 15 is 0 Å². The Morgan fingerprint density at radius 1 is 1.42 bits per heavy atom. The standard InChI is InChI=1S/C15H15N3S/c1-3-19-15-17-11-14(18(15)2)9-13(10-16)12-7-5-4-6-8-12/h4-9,11H,3H2,1-2H3. The van der Waals surface area contributed by atoms with Gasteiger partial charge in [-0.25, -0.2) is 4.98 Å². The van der Waals surface area contributed by atoms with Crippen LogP contribution in [0.2, 0.25) is 0 Å². The van der Waals surface area contributed by atoms with Gasteiger partial charge in [-0.05, 0) is 17.4 Å². The molecule has 0 aliphatic carbocycles. The first-order chi connectivity index (χ1) is 9.26. The fourth-order valence-electron chi connectivity index (χ4n) is 1.75. The van der Waals surface area contributed by atoms with Crippen LogP contribution in [-0.2, 0) is 7.05 Å². The van der Waals surface area contributed by atoms with E-state index < -0.39 is 0 Å². The van der Waals surface area contributed by atoms with Crippen LogP contribution in [0.4, 0.5) is 0 Å². The molecule has 0 saturated carbocycles. The number of benzene rings is 1. The van der Waals surface area contributed by atoms with Gasteiger partial charge in [0.15, 0.2) is 5.16 Å². The van der Waals surface area contributed by atoms with Crippen molar-refractivity contribution in [3.63, 3.8) is 0 Å². The zero-order chi connectivity index (χ0) is 13.7. The van der Waals surface area contributed by atoms with E-state index in [1.54, 1.807) is 18.0 Å². The molecule has 0 aliphatic rings. The minimum Gasteiger partial charge on any atom is -0.323 e. The fraction of sp³-hybridized carbons (Fsp3) is 0.200. The van der Waals surface area contributed by atoms with E-state index in [1.807, 2.05) is 48.0 Å². The largest absolute Gasteiger partial charge is 0.323 e. The van der Waals surface area contributed by atoms with E-state index in [0.29, 0.717) is 5.57 Å². The highest BCUT2D eigenvalue weighted by atomic mass is 32.2. The molecule has 1 aromatic carbocycles. The molecule has 3 nitrogen and oxygen atoms in total. The second-order valence-electron chi connectivity index (χ2n) is 3.99. The maximum absolute atomic E-state index is 9.29. The zero-order valence-electron chi connectivity index (χ0n) is 11.0. The van der Waals surface area contributed by atoms with Gasteiger partial charge < -0.3 is 4.57 Å². The van der Waals surface area contributed by atoms with E-state index in [-0.39, 0.29) is 0 Å². The summed E-state index contributed by atoms with van der Waals surface area (Å²) in [5.41, 5.74) is 2.52. The van der Waals surface area contributed by atoms with Crippen molar-refractivity contribution in [1.29, 1.82) is 5.26 Å². The quantitative estimate of drug-likeness (QED) is 0.629. The Labute approximate surface area is 117 Å². The molecule has 4 heteroatoms. The molecule has 19 heavy (non-hydrogen) atoms. The Morgan fingerprint density at radius 3 is 2.79 bits per heavy atom. The van der Waals surface area contributed by atoms with Gasteiger partial charge in [0.25, 0.3) is 0 Å². The molecule has 0 bridgehead atoms. The summed E-state index contributed by atoms with van der Waals surface area (Å²) in [5.74, 6) is 0.984. The molecule has 0 fully saturated rings. The molecule has 0 saturated heterocycles. The third-order valence-electron chi connectivity index (χ3n) is 2.75. The summed E-state index contributed by atoms with van der Waals surface area (Å²) in [6, 6.07) is 11.9. The number of thioether (sulfide) groups is 1. The van der Waals surface area contributed by atoms with Gasteiger partial charge in [0.1, 0.15) is 0 Å². The first-order valence-electron chi connectivity index (χ1n) is 6.08. The number of aromatic nitrogens is 2. The summed E-state index contributed by atoms with van der Waals surface area (Å²) < 4.78 is 2.01. The van der Waals surface area contributed by atoms with Gasteiger partial charge in [-0.2, -0.15) is 5.26 Å². The second kappa shape index (κ2) is 6.26. The third kappa shape index (κ3) is 3.07. The number of nitriles is 1. The predicted octanol–water partition coefficient (Wildman–Crippen LogP) is 3.60. The van der Waals surface area contributed by atoms with Crippen LogP contribution in [-0.4, -0.2) is 15.3 Å². The normalized spacial score (nSPS) is 11.3. The Balaban J connectivity index is 2.37. The molecule has 2 aromatic rings. The van der Waals surface area contributed by atoms with Gasteiger partial charge in [0, 0.05) is 7.05 Å². The Bertz CT molecular complexity index is 621. The molecule has 1 heterocycles. The van der Waals surface area contributed by atoms with E-state index in [4.69, 9.17) is 0 Å². The van der Waals surface area contributed by atoms with Gasteiger partial charge in [0.05, 0.1) is 23.5 Å². The number of nitrogens with zero attached hydrogens (tertiary/aromatic N) is 3. The lowest BCUT2D eigenvalue weighted by atomic mass is 10.1. The first kappa shape index (κ1) is 13.4. The molecule has 96 valence electrons. The van der Waals surface area contributed by atoms with Crippen molar-refractivity contribution in [3.05, 3.63) is 47.8 Å². The van der Waals surface area contributed by atoms with Gasteiger partial charge in [-0.3, -0.25) is 0 Å². The number of allylic oxidation sites excluding steroid dienone is 1. The molecule has 0 N–H and O–H groups in total. The van der Waals surface area contributed by atoms with Crippen LogP contribution < -0.4 is 0 Å². The van der Waals surface area contributed by atoms with Crippen molar-refractivity contribution in [2.75, 3.05) is 5.75 Å². The maximum Gasteiger partial charge on any atom is 0.168 e. The minimum absolute atomic E-state index is 0.650. The summed E-state index contributed by atoms with van der Waals surface area (Å²) >= 11 is 1.69. The zero-order valence-corrected chi connectivity index (χ0v) is 11.8. The van der Waals surface area contributed by atoms with Crippen LogP contribution in [0.1, 0.15) is 18.2 Å². The van der Waals surface area contributed by atoms with Crippen molar-refractivity contribution in [2.45, 2.75) is 12.1 Å². The minimum atomic E-state index is 0.650. The molecule has 0 spiro atoms. The number of hydrogen-bond acceptors (Lipinski definition) is 3.